The van der Waals surface area contributed by atoms with E-state index in [1.165, 1.54) is 6.07 Å². The van der Waals surface area contributed by atoms with E-state index in [0.29, 0.717) is 25.1 Å². The molecule has 1 fully saturated rings. The molecule has 1 aromatic rings. The second-order valence-corrected chi connectivity index (χ2v) is 5.47. The van der Waals surface area contributed by atoms with E-state index in [9.17, 15) is 19.7 Å². The molecule has 0 radical (unpaired) electrons. The van der Waals surface area contributed by atoms with Crippen LogP contribution in [0.15, 0.2) is 24.3 Å². The predicted octanol–water partition coefficient (Wildman–Crippen LogP) is 1.72. The van der Waals surface area contributed by atoms with Crippen molar-refractivity contribution in [3.05, 3.63) is 34.4 Å². The van der Waals surface area contributed by atoms with Crippen LogP contribution in [0.3, 0.4) is 0 Å². The number of benzene rings is 1. The van der Waals surface area contributed by atoms with E-state index < -0.39 is 16.8 Å². The fraction of sp³-hybridized carbons (Fsp3) is 0.467. The number of piperidine rings is 1. The first-order valence-electron chi connectivity index (χ1n) is 7.47. The molecule has 2 N–H and O–H groups in total. The number of hydrogen-bond acceptors (Lipinski definition) is 5. The third-order valence-electron chi connectivity index (χ3n) is 3.88. The number of nitrogens with one attached hydrogen (secondary N) is 1. The minimum absolute atomic E-state index is 0.0381. The Morgan fingerprint density at radius 1 is 1.39 bits per heavy atom. The summed E-state index contributed by atoms with van der Waals surface area (Å²) in [7, 11) is 0. The summed E-state index contributed by atoms with van der Waals surface area (Å²) in [5, 5.41) is 22.8. The molecule has 1 aromatic carbocycles. The highest BCUT2D eigenvalue weighted by atomic mass is 16.6. The number of anilines is 1. The summed E-state index contributed by atoms with van der Waals surface area (Å²) in [5.41, 5.74) is 0.330. The van der Waals surface area contributed by atoms with Crippen LogP contribution < -0.4 is 5.32 Å². The number of aliphatic carboxylic acids is 1. The number of nitrogens with zero attached hydrogens (tertiary/aromatic N) is 2. The molecule has 0 saturated carbocycles. The molecular weight excluding hydrogens is 302 g/mol. The molecule has 1 heterocycles. The average Bonchev–Trinajstić information content (AvgIpc) is 2.55. The molecule has 0 spiro atoms. The Hall–Kier alpha value is -2.64. The first-order valence-corrected chi connectivity index (χ1v) is 7.47. The molecule has 1 atom stereocenters. The van der Waals surface area contributed by atoms with Gasteiger partial charge >= 0.3 is 5.97 Å². The van der Waals surface area contributed by atoms with Gasteiger partial charge in [0.15, 0.2) is 0 Å². The molecule has 8 heteroatoms. The lowest BCUT2D eigenvalue weighted by molar-refractivity contribution is -0.384. The SMILES string of the molecule is O=C(O)[C@H]1CCCN(C(=O)CCNc2ccccc2[N+](=O)[O-])C1. The van der Waals surface area contributed by atoms with Gasteiger partial charge in [-0.1, -0.05) is 12.1 Å². The standard InChI is InChI=1S/C15H19N3O5/c19-14(17-9-3-4-11(10-17)15(20)21)7-8-16-12-5-1-2-6-13(12)18(22)23/h1-2,5-6,11,16H,3-4,7-10H2,(H,20,21)/t11-/m0/s1. The van der Waals surface area contributed by atoms with Gasteiger partial charge in [0.05, 0.1) is 10.8 Å². The van der Waals surface area contributed by atoms with Crippen molar-refractivity contribution in [2.75, 3.05) is 25.0 Å². The van der Waals surface area contributed by atoms with Gasteiger partial charge in [-0.2, -0.15) is 0 Å². The fourth-order valence-electron chi connectivity index (χ4n) is 2.65. The van der Waals surface area contributed by atoms with E-state index in [4.69, 9.17) is 5.11 Å². The van der Waals surface area contributed by atoms with Gasteiger partial charge in [-0.25, -0.2) is 0 Å². The van der Waals surface area contributed by atoms with Gasteiger partial charge in [-0.3, -0.25) is 19.7 Å². The van der Waals surface area contributed by atoms with E-state index in [1.807, 2.05) is 0 Å². The zero-order valence-corrected chi connectivity index (χ0v) is 12.6. The van der Waals surface area contributed by atoms with E-state index in [2.05, 4.69) is 5.32 Å². The Labute approximate surface area is 133 Å². The van der Waals surface area contributed by atoms with Crippen LogP contribution in [0, 0.1) is 16.0 Å². The Morgan fingerprint density at radius 3 is 2.83 bits per heavy atom. The molecular formula is C15H19N3O5. The van der Waals surface area contributed by atoms with E-state index in [0.717, 1.165) is 0 Å². The van der Waals surface area contributed by atoms with Gasteiger partial charge < -0.3 is 15.3 Å². The lowest BCUT2D eigenvalue weighted by Gasteiger charge is -2.30. The zero-order chi connectivity index (χ0) is 16.8. The number of para-hydroxylation sites is 2. The van der Waals surface area contributed by atoms with Crippen LogP contribution in [-0.2, 0) is 9.59 Å². The number of nitro groups is 1. The number of amides is 1. The first kappa shape index (κ1) is 16.7. The van der Waals surface area contributed by atoms with Gasteiger partial charge in [0.1, 0.15) is 5.69 Å². The number of hydrogen-bond donors (Lipinski definition) is 2. The highest BCUT2D eigenvalue weighted by Gasteiger charge is 2.27. The van der Waals surface area contributed by atoms with Crippen molar-refractivity contribution in [2.45, 2.75) is 19.3 Å². The van der Waals surface area contributed by atoms with E-state index in [-0.39, 0.29) is 31.1 Å². The Kier molecular flexibility index (Phi) is 5.51. The molecule has 8 nitrogen and oxygen atoms in total. The predicted molar refractivity (Wildman–Crippen MR) is 83.1 cm³/mol. The molecule has 0 bridgehead atoms. The lowest BCUT2D eigenvalue weighted by Crippen LogP contribution is -2.42. The first-order chi connectivity index (χ1) is 11.0. The number of carbonyl (C=O) groups is 2. The third kappa shape index (κ3) is 4.41. The van der Waals surface area contributed by atoms with Crippen molar-refractivity contribution in [1.82, 2.24) is 4.90 Å². The van der Waals surface area contributed by atoms with Crippen LogP contribution in [0.4, 0.5) is 11.4 Å². The summed E-state index contributed by atoms with van der Waals surface area (Å²) in [4.78, 5) is 35.1. The summed E-state index contributed by atoms with van der Waals surface area (Å²) >= 11 is 0. The molecule has 1 saturated heterocycles. The molecule has 1 amide bonds. The fourth-order valence-corrected chi connectivity index (χ4v) is 2.65. The average molecular weight is 321 g/mol. The van der Waals surface area contributed by atoms with Crippen LogP contribution in [0.2, 0.25) is 0 Å². The van der Waals surface area contributed by atoms with Crippen LogP contribution in [0.25, 0.3) is 0 Å². The molecule has 0 aromatic heterocycles. The van der Waals surface area contributed by atoms with Crippen molar-refractivity contribution in [1.29, 1.82) is 0 Å². The molecule has 124 valence electrons. The summed E-state index contributed by atoms with van der Waals surface area (Å²) in [6, 6.07) is 6.24. The molecule has 1 aliphatic rings. The number of carboxylic acids is 1. The number of carbonyl (C=O) groups excluding carboxylic acids is 1. The summed E-state index contributed by atoms with van der Waals surface area (Å²) in [5.74, 6) is -1.52. The maximum atomic E-state index is 12.1. The zero-order valence-electron chi connectivity index (χ0n) is 12.6. The highest BCUT2D eigenvalue weighted by molar-refractivity contribution is 5.78. The van der Waals surface area contributed by atoms with Crippen LogP contribution in [0.5, 0.6) is 0 Å². The number of nitro benzene ring substituents is 1. The molecule has 23 heavy (non-hydrogen) atoms. The van der Waals surface area contributed by atoms with Gasteiger partial charge in [0, 0.05) is 32.1 Å². The van der Waals surface area contributed by atoms with Crippen molar-refractivity contribution in [3.63, 3.8) is 0 Å². The Bertz CT molecular complexity index is 605. The molecule has 0 aliphatic carbocycles. The normalized spacial score (nSPS) is 17.6. The second kappa shape index (κ2) is 7.57. The topological polar surface area (TPSA) is 113 Å². The minimum Gasteiger partial charge on any atom is -0.481 e. The number of likely N-dealkylation sites (tertiary alicyclic amines) is 1. The van der Waals surface area contributed by atoms with Gasteiger partial charge in [0.25, 0.3) is 5.69 Å². The van der Waals surface area contributed by atoms with Crippen molar-refractivity contribution >= 4 is 23.3 Å². The summed E-state index contributed by atoms with van der Waals surface area (Å²) in [6.45, 7) is 1.06. The molecule has 1 aliphatic heterocycles. The lowest BCUT2D eigenvalue weighted by atomic mass is 9.98. The van der Waals surface area contributed by atoms with Gasteiger partial charge in [-0.15, -0.1) is 0 Å². The molecule has 2 rings (SSSR count). The van der Waals surface area contributed by atoms with Gasteiger partial charge in [-0.05, 0) is 18.9 Å². The monoisotopic (exact) mass is 321 g/mol. The molecule has 0 unspecified atom stereocenters. The highest BCUT2D eigenvalue weighted by Crippen LogP contribution is 2.23. The van der Waals surface area contributed by atoms with Gasteiger partial charge in [0.2, 0.25) is 5.91 Å². The largest absolute Gasteiger partial charge is 0.481 e. The van der Waals surface area contributed by atoms with Crippen molar-refractivity contribution < 1.29 is 19.6 Å². The quantitative estimate of drug-likeness (QED) is 0.609. The summed E-state index contributed by atoms with van der Waals surface area (Å²) in [6.07, 6.45) is 1.44. The van der Waals surface area contributed by atoms with Crippen molar-refractivity contribution in [3.8, 4) is 0 Å². The minimum atomic E-state index is -0.875. The summed E-state index contributed by atoms with van der Waals surface area (Å²) < 4.78 is 0. The van der Waals surface area contributed by atoms with Crippen LogP contribution >= 0.6 is 0 Å². The van der Waals surface area contributed by atoms with Crippen LogP contribution in [-0.4, -0.2) is 46.4 Å². The Morgan fingerprint density at radius 2 is 2.13 bits per heavy atom. The second-order valence-electron chi connectivity index (χ2n) is 5.47. The van der Waals surface area contributed by atoms with Crippen LogP contribution in [0.1, 0.15) is 19.3 Å². The third-order valence-corrected chi connectivity index (χ3v) is 3.88. The smallest absolute Gasteiger partial charge is 0.308 e. The van der Waals surface area contributed by atoms with E-state index >= 15 is 0 Å². The number of rotatable bonds is 6. The maximum absolute atomic E-state index is 12.1. The van der Waals surface area contributed by atoms with Crippen molar-refractivity contribution in [2.24, 2.45) is 5.92 Å². The number of carboxylic acid groups (broad SMARTS) is 1. The maximum Gasteiger partial charge on any atom is 0.308 e. The Balaban J connectivity index is 1.85. The van der Waals surface area contributed by atoms with E-state index in [1.54, 1.807) is 23.1 Å².